The summed E-state index contributed by atoms with van der Waals surface area (Å²) in [7, 11) is -6.85. The van der Waals surface area contributed by atoms with Gasteiger partial charge in [-0.1, -0.05) is 24.3 Å². The number of nitrogens with one attached hydrogen (secondary N) is 1. The first-order chi connectivity index (χ1) is 14.9. The number of rotatable bonds is 11. The molecule has 0 saturated heterocycles. The maximum atomic E-state index is 12.4. The van der Waals surface area contributed by atoms with Gasteiger partial charge in [0.05, 0.1) is 29.5 Å². The molecule has 2 rings (SSSR count). The summed E-state index contributed by atoms with van der Waals surface area (Å²) in [6.45, 7) is 4.16. The molecule has 0 fully saturated rings. The fourth-order valence-corrected chi connectivity index (χ4v) is 4.79. The second-order valence-electron chi connectivity index (χ2n) is 7.47. The Bertz CT molecular complexity index is 1130. The van der Waals surface area contributed by atoms with Crippen molar-refractivity contribution in [3.05, 3.63) is 54.1 Å². The van der Waals surface area contributed by atoms with Crippen LogP contribution in [0.3, 0.4) is 0 Å². The van der Waals surface area contributed by atoms with Crippen molar-refractivity contribution in [3.63, 3.8) is 0 Å². The van der Waals surface area contributed by atoms with Gasteiger partial charge in [-0.15, -0.1) is 0 Å². The molecular weight excluding hydrogens is 452 g/mol. The van der Waals surface area contributed by atoms with E-state index < -0.39 is 19.9 Å². The lowest BCUT2D eigenvalue weighted by atomic mass is 10.1. The van der Waals surface area contributed by atoms with E-state index in [0.717, 1.165) is 18.1 Å². The summed E-state index contributed by atoms with van der Waals surface area (Å²) in [6, 6.07) is 12.9. The third kappa shape index (κ3) is 7.23. The normalized spacial score (nSPS) is 12.8. The van der Waals surface area contributed by atoms with Crippen LogP contribution < -0.4 is 14.4 Å². The van der Waals surface area contributed by atoms with E-state index in [0.29, 0.717) is 24.5 Å². The van der Waals surface area contributed by atoms with Crippen molar-refractivity contribution in [2.24, 2.45) is 0 Å². The van der Waals surface area contributed by atoms with Crippen LogP contribution in [-0.4, -0.2) is 48.4 Å². The average Bonchev–Trinajstić information content (AvgIpc) is 2.71. The largest absolute Gasteiger partial charge is 0.492 e. The summed E-state index contributed by atoms with van der Waals surface area (Å²) in [4.78, 5) is 12.6. The highest BCUT2D eigenvalue weighted by atomic mass is 32.2. The van der Waals surface area contributed by atoms with Crippen LogP contribution in [0, 0.1) is 0 Å². The Morgan fingerprint density at radius 2 is 1.66 bits per heavy atom. The van der Waals surface area contributed by atoms with Gasteiger partial charge in [0, 0.05) is 19.2 Å². The zero-order valence-corrected chi connectivity index (χ0v) is 20.4. The van der Waals surface area contributed by atoms with E-state index in [1.165, 1.54) is 16.4 Å². The van der Waals surface area contributed by atoms with Gasteiger partial charge in [-0.25, -0.2) is 16.8 Å². The van der Waals surface area contributed by atoms with E-state index in [2.05, 4.69) is 5.32 Å². The SMILES string of the molecule is CCOc1ccccc1N(CCCC(=O)N[C@H](C)c1ccc(S(C)(=O)=O)cc1)S(C)(=O)=O. The topological polar surface area (TPSA) is 110 Å². The van der Waals surface area contributed by atoms with E-state index in [4.69, 9.17) is 4.74 Å². The number of hydrogen-bond acceptors (Lipinski definition) is 6. The molecule has 0 spiro atoms. The monoisotopic (exact) mass is 482 g/mol. The second kappa shape index (κ2) is 10.8. The second-order valence-corrected chi connectivity index (χ2v) is 11.4. The van der Waals surface area contributed by atoms with Crippen molar-refractivity contribution in [3.8, 4) is 5.75 Å². The Balaban J connectivity index is 1.99. The lowest BCUT2D eigenvalue weighted by Crippen LogP contribution is -2.33. The number of sulfonamides is 1. The number of sulfone groups is 1. The highest BCUT2D eigenvalue weighted by Gasteiger charge is 2.21. The number of para-hydroxylation sites is 2. The molecule has 1 N–H and O–H groups in total. The van der Waals surface area contributed by atoms with Crippen LogP contribution in [0.2, 0.25) is 0 Å². The molecule has 0 aliphatic carbocycles. The van der Waals surface area contributed by atoms with E-state index in [-0.39, 0.29) is 29.8 Å². The average molecular weight is 483 g/mol. The molecule has 2 aromatic rings. The molecule has 0 unspecified atom stereocenters. The Labute approximate surface area is 190 Å². The standard InChI is InChI=1S/C22H30N2O6S2/c1-5-30-21-10-7-6-9-20(21)24(32(4,28)29)16-8-11-22(25)23-17(2)18-12-14-19(15-13-18)31(3,26)27/h6-7,9-10,12-15,17H,5,8,11,16H2,1-4H3,(H,23,25)/t17-/m1/s1. The lowest BCUT2D eigenvalue weighted by Gasteiger charge is -2.24. The molecule has 1 atom stereocenters. The molecule has 0 aromatic heterocycles. The molecule has 0 heterocycles. The first-order valence-electron chi connectivity index (χ1n) is 10.2. The third-order valence-corrected chi connectivity index (χ3v) is 7.09. The van der Waals surface area contributed by atoms with Crippen LogP contribution in [0.5, 0.6) is 5.75 Å². The molecule has 176 valence electrons. The number of hydrogen-bond donors (Lipinski definition) is 1. The van der Waals surface area contributed by atoms with Crippen LogP contribution in [0.15, 0.2) is 53.4 Å². The number of ether oxygens (including phenoxy) is 1. The van der Waals surface area contributed by atoms with Gasteiger partial charge in [-0.2, -0.15) is 0 Å². The van der Waals surface area contributed by atoms with Gasteiger partial charge >= 0.3 is 0 Å². The molecule has 0 saturated carbocycles. The van der Waals surface area contributed by atoms with Crippen molar-refractivity contribution in [1.29, 1.82) is 0 Å². The molecule has 32 heavy (non-hydrogen) atoms. The van der Waals surface area contributed by atoms with Crippen LogP contribution in [0.4, 0.5) is 5.69 Å². The smallest absolute Gasteiger partial charge is 0.232 e. The van der Waals surface area contributed by atoms with E-state index >= 15 is 0 Å². The maximum Gasteiger partial charge on any atom is 0.232 e. The van der Waals surface area contributed by atoms with Gasteiger partial charge in [0.2, 0.25) is 15.9 Å². The number of amides is 1. The van der Waals surface area contributed by atoms with Crippen LogP contribution >= 0.6 is 0 Å². The van der Waals surface area contributed by atoms with Gasteiger partial charge in [0.25, 0.3) is 0 Å². The minimum absolute atomic E-state index is 0.133. The van der Waals surface area contributed by atoms with Crippen molar-refractivity contribution < 1.29 is 26.4 Å². The number of carbonyl (C=O) groups is 1. The van der Waals surface area contributed by atoms with Crippen LogP contribution in [0.1, 0.15) is 38.3 Å². The Morgan fingerprint density at radius 1 is 1.03 bits per heavy atom. The van der Waals surface area contributed by atoms with Gasteiger partial charge in [-0.3, -0.25) is 9.10 Å². The zero-order valence-electron chi connectivity index (χ0n) is 18.7. The molecule has 10 heteroatoms. The summed E-state index contributed by atoms with van der Waals surface area (Å²) in [5.41, 5.74) is 1.21. The van der Waals surface area contributed by atoms with Crippen molar-refractivity contribution in [2.75, 3.05) is 30.0 Å². The lowest BCUT2D eigenvalue weighted by molar-refractivity contribution is -0.121. The van der Waals surface area contributed by atoms with Crippen LogP contribution in [0.25, 0.3) is 0 Å². The summed E-state index contributed by atoms with van der Waals surface area (Å²) >= 11 is 0. The van der Waals surface area contributed by atoms with Crippen LogP contribution in [-0.2, 0) is 24.7 Å². The third-order valence-electron chi connectivity index (χ3n) is 4.78. The maximum absolute atomic E-state index is 12.4. The van der Waals surface area contributed by atoms with E-state index in [9.17, 15) is 21.6 Å². The van der Waals surface area contributed by atoms with Gasteiger partial charge in [0.15, 0.2) is 9.84 Å². The van der Waals surface area contributed by atoms with Crippen molar-refractivity contribution in [2.45, 2.75) is 37.6 Å². The Hall–Kier alpha value is -2.59. The van der Waals surface area contributed by atoms with Gasteiger partial charge in [-0.05, 0) is 50.1 Å². The predicted molar refractivity (Wildman–Crippen MR) is 125 cm³/mol. The first-order valence-corrected chi connectivity index (χ1v) is 14.0. The number of carbonyl (C=O) groups excluding carboxylic acids is 1. The first kappa shape index (κ1) is 25.7. The quantitative estimate of drug-likeness (QED) is 0.527. The molecule has 2 aromatic carbocycles. The Morgan fingerprint density at radius 3 is 2.22 bits per heavy atom. The summed E-state index contributed by atoms with van der Waals surface area (Å²) in [6.07, 6.45) is 2.71. The summed E-state index contributed by atoms with van der Waals surface area (Å²) in [5, 5.41) is 2.86. The predicted octanol–water partition coefficient (Wildman–Crippen LogP) is 2.91. The molecule has 0 aliphatic rings. The zero-order chi connectivity index (χ0) is 23.9. The molecule has 0 bridgehead atoms. The Kier molecular flexibility index (Phi) is 8.68. The molecular formula is C22H30N2O6S2. The molecule has 0 aliphatic heterocycles. The number of benzene rings is 2. The minimum Gasteiger partial charge on any atom is -0.492 e. The van der Waals surface area contributed by atoms with Gasteiger partial charge in [0.1, 0.15) is 5.75 Å². The summed E-state index contributed by atoms with van der Waals surface area (Å²) in [5.74, 6) is 0.243. The fraction of sp³-hybridized carbons (Fsp3) is 0.409. The number of nitrogens with zero attached hydrogens (tertiary/aromatic N) is 1. The number of anilines is 1. The minimum atomic E-state index is -3.57. The van der Waals surface area contributed by atoms with E-state index in [1.807, 2.05) is 6.92 Å². The molecule has 0 radical (unpaired) electrons. The fourth-order valence-electron chi connectivity index (χ4n) is 3.19. The highest BCUT2D eigenvalue weighted by molar-refractivity contribution is 7.92. The summed E-state index contributed by atoms with van der Waals surface area (Å²) < 4.78 is 54.6. The highest BCUT2D eigenvalue weighted by Crippen LogP contribution is 2.30. The van der Waals surface area contributed by atoms with Crippen molar-refractivity contribution >= 4 is 31.5 Å². The van der Waals surface area contributed by atoms with Crippen molar-refractivity contribution in [1.82, 2.24) is 5.32 Å². The molecule has 1 amide bonds. The van der Waals surface area contributed by atoms with Gasteiger partial charge < -0.3 is 10.1 Å². The molecule has 8 nitrogen and oxygen atoms in total. The van der Waals surface area contributed by atoms with E-state index in [1.54, 1.807) is 43.3 Å².